The minimum atomic E-state index is -4.32. The lowest BCUT2D eigenvalue weighted by atomic mass is 10.0. The summed E-state index contributed by atoms with van der Waals surface area (Å²) in [7, 11) is -4.32. The summed E-state index contributed by atoms with van der Waals surface area (Å²) >= 11 is 0. The molecule has 5 N–H and O–H groups in total. The summed E-state index contributed by atoms with van der Waals surface area (Å²) in [6.45, 7) is 4.06. The molecule has 0 spiro atoms. The lowest BCUT2D eigenvalue weighted by molar-refractivity contribution is -0.123. The maximum Gasteiger partial charge on any atom is 0.472 e. The van der Waals surface area contributed by atoms with E-state index >= 15 is 0 Å². The summed E-state index contributed by atoms with van der Waals surface area (Å²) in [5.41, 5.74) is 5.37. The van der Waals surface area contributed by atoms with Gasteiger partial charge in [0.1, 0.15) is 0 Å². The highest BCUT2D eigenvalue weighted by Crippen LogP contribution is 2.43. The van der Waals surface area contributed by atoms with Gasteiger partial charge in [-0.25, -0.2) is 4.57 Å². The number of allylic oxidation sites excluding steroid dienone is 10. The number of unbranched alkanes of at least 4 members (excludes halogenated alkanes) is 17. The largest absolute Gasteiger partial charge is 0.472 e. The van der Waals surface area contributed by atoms with Crippen LogP contribution >= 0.6 is 7.82 Å². The van der Waals surface area contributed by atoms with Crippen LogP contribution in [0.1, 0.15) is 181 Å². The molecular weight excluding hydrogens is 683 g/mol. The fourth-order valence-electron chi connectivity index (χ4n) is 5.93. The summed E-state index contributed by atoms with van der Waals surface area (Å²) in [6.07, 6.45) is 49.4. The van der Waals surface area contributed by atoms with Crippen LogP contribution in [0.4, 0.5) is 0 Å². The number of hydrogen-bond acceptors (Lipinski definition) is 6. The van der Waals surface area contributed by atoms with Gasteiger partial charge in [0.15, 0.2) is 0 Å². The van der Waals surface area contributed by atoms with Crippen molar-refractivity contribution in [2.24, 2.45) is 5.73 Å². The summed E-state index contributed by atoms with van der Waals surface area (Å²) in [4.78, 5) is 22.7. The van der Waals surface area contributed by atoms with Gasteiger partial charge in [0, 0.05) is 13.0 Å². The first-order valence-corrected chi connectivity index (χ1v) is 22.9. The zero-order valence-corrected chi connectivity index (χ0v) is 34.9. The third-order valence-electron chi connectivity index (χ3n) is 9.14. The Labute approximate surface area is 325 Å². The van der Waals surface area contributed by atoms with Gasteiger partial charge in [0.05, 0.1) is 25.4 Å². The second-order valence-electron chi connectivity index (χ2n) is 14.2. The zero-order valence-electron chi connectivity index (χ0n) is 34.0. The third-order valence-corrected chi connectivity index (χ3v) is 10.1. The van der Waals surface area contributed by atoms with Crippen molar-refractivity contribution in [1.82, 2.24) is 5.32 Å². The minimum absolute atomic E-state index is 0.0825. The number of hydrogen-bond donors (Lipinski definition) is 4. The topological polar surface area (TPSA) is 131 Å². The molecule has 0 aliphatic heterocycles. The smallest absolute Gasteiger partial charge is 0.391 e. The van der Waals surface area contributed by atoms with Gasteiger partial charge >= 0.3 is 7.82 Å². The van der Waals surface area contributed by atoms with Gasteiger partial charge in [0.2, 0.25) is 5.91 Å². The van der Waals surface area contributed by atoms with E-state index in [4.69, 9.17) is 14.8 Å². The van der Waals surface area contributed by atoms with Crippen molar-refractivity contribution in [3.05, 3.63) is 60.8 Å². The maximum absolute atomic E-state index is 12.8. The van der Waals surface area contributed by atoms with Crippen molar-refractivity contribution in [3.63, 3.8) is 0 Å². The molecule has 0 aliphatic rings. The van der Waals surface area contributed by atoms with Crippen molar-refractivity contribution < 1.29 is 28.4 Å². The van der Waals surface area contributed by atoms with Crippen LogP contribution in [0.3, 0.4) is 0 Å². The summed E-state index contributed by atoms with van der Waals surface area (Å²) in [5.74, 6) is -0.183. The fraction of sp³-hybridized carbons (Fsp3) is 0.750. The molecule has 0 fully saturated rings. The quantitative estimate of drug-likeness (QED) is 0.0278. The average Bonchev–Trinajstić information content (AvgIpc) is 3.14. The monoisotopic (exact) mass is 765 g/mol. The van der Waals surface area contributed by atoms with Crippen LogP contribution in [0, 0.1) is 0 Å². The molecule has 0 heterocycles. The molecular formula is C44H81N2O6P. The molecule has 0 radical (unpaired) electrons. The summed E-state index contributed by atoms with van der Waals surface area (Å²) in [5, 5.41) is 13.8. The molecule has 0 aromatic rings. The van der Waals surface area contributed by atoms with Gasteiger partial charge in [-0.2, -0.15) is 0 Å². The fourth-order valence-corrected chi connectivity index (χ4v) is 6.69. The Bertz CT molecular complexity index is 1010. The highest BCUT2D eigenvalue weighted by atomic mass is 31.2. The van der Waals surface area contributed by atoms with E-state index in [-0.39, 0.29) is 25.7 Å². The molecule has 1 amide bonds. The standard InChI is InChI=1S/C44H81N2O6P/c1-3-5-7-9-11-13-15-17-18-19-20-21-22-23-24-26-28-30-32-34-36-38-44(48)46-42(41-52-53(49,50)51-40-39-45)43(47)37-35-33-31-29-27-25-16-14-12-10-8-6-4-2/h5,7,11,13,17-18,20-21,23-24,42-43,47H,3-4,6,8-10,12,14-16,19,22,25-41,45H2,1-2H3,(H,46,48)(H,49,50)/b7-5-,13-11-,18-17-,21-20-,24-23-. The molecule has 0 rings (SSSR count). The van der Waals surface area contributed by atoms with Gasteiger partial charge in [-0.05, 0) is 57.8 Å². The molecule has 0 bridgehead atoms. The van der Waals surface area contributed by atoms with Crippen LogP contribution < -0.4 is 11.1 Å². The predicted octanol–water partition coefficient (Wildman–Crippen LogP) is 11.9. The van der Waals surface area contributed by atoms with Gasteiger partial charge in [-0.1, -0.05) is 177 Å². The molecule has 8 nitrogen and oxygen atoms in total. The van der Waals surface area contributed by atoms with E-state index < -0.39 is 20.0 Å². The second kappa shape index (κ2) is 39.9. The Morgan fingerprint density at radius 1 is 0.642 bits per heavy atom. The van der Waals surface area contributed by atoms with Gasteiger partial charge in [-0.3, -0.25) is 13.8 Å². The van der Waals surface area contributed by atoms with Crippen LogP contribution in [0.25, 0.3) is 0 Å². The van der Waals surface area contributed by atoms with E-state index in [0.717, 1.165) is 89.9 Å². The third kappa shape index (κ3) is 38.3. The minimum Gasteiger partial charge on any atom is -0.391 e. The molecule has 53 heavy (non-hydrogen) atoms. The lowest BCUT2D eigenvalue weighted by Gasteiger charge is -2.25. The number of amides is 1. The number of nitrogens with one attached hydrogen (secondary N) is 1. The van der Waals surface area contributed by atoms with E-state index in [9.17, 15) is 19.4 Å². The highest BCUT2D eigenvalue weighted by molar-refractivity contribution is 7.47. The van der Waals surface area contributed by atoms with E-state index in [1.807, 2.05) is 0 Å². The Morgan fingerprint density at radius 2 is 1.09 bits per heavy atom. The average molecular weight is 765 g/mol. The van der Waals surface area contributed by atoms with E-state index in [0.29, 0.717) is 12.8 Å². The highest BCUT2D eigenvalue weighted by Gasteiger charge is 2.27. The molecule has 308 valence electrons. The molecule has 3 unspecified atom stereocenters. The van der Waals surface area contributed by atoms with Crippen molar-refractivity contribution in [1.29, 1.82) is 0 Å². The Hall–Kier alpha value is -1.80. The van der Waals surface area contributed by atoms with E-state index in [1.54, 1.807) is 0 Å². The Kier molecular flexibility index (Phi) is 38.5. The molecule has 0 saturated carbocycles. The van der Waals surface area contributed by atoms with Crippen molar-refractivity contribution in [2.75, 3.05) is 19.8 Å². The number of rotatable bonds is 39. The number of aliphatic hydroxyl groups is 1. The Balaban J connectivity index is 4.21. The normalized spacial score (nSPS) is 14.7. The predicted molar refractivity (Wildman–Crippen MR) is 226 cm³/mol. The number of carbonyl (C=O) groups excluding carboxylic acids is 1. The summed E-state index contributed by atoms with van der Waals surface area (Å²) in [6, 6.07) is -0.787. The second-order valence-corrected chi connectivity index (χ2v) is 15.6. The van der Waals surface area contributed by atoms with Crippen LogP contribution in [0.5, 0.6) is 0 Å². The number of aliphatic hydroxyl groups excluding tert-OH is 1. The molecule has 9 heteroatoms. The SMILES string of the molecule is CC/C=C\C/C=C\C/C=C\C/C=C\C/C=C\CCCCCCCC(=O)NC(COP(=O)(O)OCCN)C(O)CCCCCCCCCCCCCCC. The molecule has 0 aromatic carbocycles. The van der Waals surface area contributed by atoms with Crippen LogP contribution in [-0.4, -0.2) is 47.8 Å². The van der Waals surface area contributed by atoms with Crippen molar-refractivity contribution in [3.8, 4) is 0 Å². The molecule has 0 aromatic heterocycles. The number of phosphoric ester groups is 1. The van der Waals surface area contributed by atoms with Crippen LogP contribution in [-0.2, 0) is 18.4 Å². The first kappa shape index (κ1) is 51.2. The van der Waals surface area contributed by atoms with Crippen molar-refractivity contribution in [2.45, 2.75) is 193 Å². The number of phosphoric acid groups is 1. The first-order valence-electron chi connectivity index (χ1n) is 21.4. The molecule has 3 atom stereocenters. The summed E-state index contributed by atoms with van der Waals surface area (Å²) < 4.78 is 22.2. The van der Waals surface area contributed by atoms with Gasteiger partial charge in [-0.15, -0.1) is 0 Å². The van der Waals surface area contributed by atoms with Crippen LogP contribution in [0.15, 0.2) is 60.8 Å². The lowest BCUT2D eigenvalue weighted by Crippen LogP contribution is -2.46. The van der Waals surface area contributed by atoms with E-state index in [1.165, 1.54) is 64.2 Å². The Morgan fingerprint density at radius 3 is 1.60 bits per heavy atom. The first-order chi connectivity index (χ1) is 25.9. The molecule has 0 saturated heterocycles. The van der Waals surface area contributed by atoms with Gasteiger partial charge in [0.25, 0.3) is 0 Å². The zero-order chi connectivity index (χ0) is 38.9. The van der Waals surface area contributed by atoms with Crippen LogP contribution in [0.2, 0.25) is 0 Å². The maximum atomic E-state index is 12.8. The van der Waals surface area contributed by atoms with Crippen molar-refractivity contribution >= 4 is 13.7 Å². The number of carbonyl (C=O) groups is 1. The van der Waals surface area contributed by atoms with Gasteiger partial charge < -0.3 is 21.1 Å². The van der Waals surface area contributed by atoms with E-state index in [2.05, 4.69) is 79.9 Å². The molecule has 0 aliphatic carbocycles. The number of nitrogens with two attached hydrogens (primary N) is 1.